The lowest BCUT2D eigenvalue weighted by atomic mass is 10.3. The molecule has 5 heteroatoms. The monoisotopic (exact) mass is 243 g/mol. The number of imidazole rings is 1. The number of rotatable bonds is 3. The fourth-order valence-corrected chi connectivity index (χ4v) is 2.65. The molecule has 18 heavy (non-hydrogen) atoms. The van der Waals surface area contributed by atoms with Gasteiger partial charge < -0.3 is 9.67 Å². The van der Waals surface area contributed by atoms with Crippen molar-refractivity contribution in [1.82, 2.24) is 14.5 Å². The van der Waals surface area contributed by atoms with E-state index in [0.29, 0.717) is 12.5 Å². The van der Waals surface area contributed by atoms with Crippen LogP contribution >= 0.6 is 0 Å². The molecule has 1 N–H and O–H groups in total. The zero-order valence-corrected chi connectivity index (χ0v) is 9.78. The van der Waals surface area contributed by atoms with Crippen LogP contribution in [0.3, 0.4) is 0 Å². The minimum atomic E-state index is -0.706. The van der Waals surface area contributed by atoms with E-state index < -0.39 is 5.97 Å². The summed E-state index contributed by atoms with van der Waals surface area (Å²) < 4.78 is 2.17. The molecule has 0 amide bonds. The van der Waals surface area contributed by atoms with Crippen LogP contribution in [0.1, 0.15) is 37.0 Å². The number of hydrogen-bond donors (Lipinski definition) is 1. The summed E-state index contributed by atoms with van der Waals surface area (Å²) in [5, 5.41) is 9.05. The van der Waals surface area contributed by atoms with Crippen molar-refractivity contribution in [3.8, 4) is 0 Å². The Balaban J connectivity index is 1.85. The first-order valence-electron chi connectivity index (χ1n) is 6.31. The summed E-state index contributed by atoms with van der Waals surface area (Å²) in [6.45, 7) is 0. The van der Waals surface area contributed by atoms with Crippen molar-refractivity contribution < 1.29 is 9.90 Å². The summed E-state index contributed by atoms with van der Waals surface area (Å²) in [6.07, 6.45) is 4.79. The number of carboxylic acid groups (broad SMARTS) is 1. The van der Waals surface area contributed by atoms with E-state index in [-0.39, 0.29) is 11.8 Å². The van der Waals surface area contributed by atoms with Crippen molar-refractivity contribution in [3.05, 3.63) is 24.2 Å². The van der Waals surface area contributed by atoms with Crippen molar-refractivity contribution in [2.45, 2.75) is 31.2 Å². The third-order valence-electron chi connectivity index (χ3n) is 3.83. The minimum Gasteiger partial charge on any atom is -0.481 e. The fourth-order valence-electron chi connectivity index (χ4n) is 2.65. The first kappa shape index (κ1) is 10.1. The van der Waals surface area contributed by atoms with Crippen LogP contribution < -0.4 is 0 Å². The van der Waals surface area contributed by atoms with Crippen molar-refractivity contribution in [3.63, 3.8) is 0 Å². The Kier molecular flexibility index (Phi) is 1.85. The van der Waals surface area contributed by atoms with Gasteiger partial charge in [0.25, 0.3) is 0 Å². The molecule has 0 aliphatic heterocycles. The Morgan fingerprint density at radius 3 is 2.94 bits per heavy atom. The van der Waals surface area contributed by atoms with Gasteiger partial charge in [0.2, 0.25) is 0 Å². The Morgan fingerprint density at radius 2 is 2.28 bits per heavy atom. The SMILES string of the molecule is O=C(O)C1CC1c1nc2cccnc2n1C1CC1. The number of carboxylic acids is 1. The highest BCUT2D eigenvalue weighted by Gasteiger charge is 2.48. The molecule has 0 bridgehead atoms. The quantitative estimate of drug-likeness (QED) is 0.894. The van der Waals surface area contributed by atoms with Crippen molar-refractivity contribution in [2.24, 2.45) is 5.92 Å². The number of carbonyl (C=O) groups is 1. The van der Waals surface area contributed by atoms with E-state index in [2.05, 4.69) is 14.5 Å². The van der Waals surface area contributed by atoms with Gasteiger partial charge in [0, 0.05) is 18.2 Å². The van der Waals surface area contributed by atoms with Crippen LogP contribution in [0.15, 0.2) is 18.3 Å². The lowest BCUT2D eigenvalue weighted by Gasteiger charge is -2.05. The van der Waals surface area contributed by atoms with E-state index in [9.17, 15) is 4.79 Å². The zero-order valence-electron chi connectivity index (χ0n) is 9.78. The molecule has 2 aliphatic carbocycles. The molecule has 4 rings (SSSR count). The standard InChI is InChI=1S/C13H13N3O2/c17-13(18)9-6-8(9)11-15-10-2-1-5-14-12(10)16(11)7-3-4-7/h1-2,5,7-9H,3-4,6H2,(H,17,18). The van der Waals surface area contributed by atoms with Crippen LogP contribution in [0.2, 0.25) is 0 Å². The van der Waals surface area contributed by atoms with E-state index in [4.69, 9.17) is 5.11 Å². The smallest absolute Gasteiger partial charge is 0.307 e. The number of fused-ring (bicyclic) bond motifs is 1. The topological polar surface area (TPSA) is 68.0 Å². The Bertz CT molecular complexity index is 645. The van der Waals surface area contributed by atoms with Gasteiger partial charge in [-0.25, -0.2) is 9.97 Å². The van der Waals surface area contributed by atoms with Gasteiger partial charge in [-0.15, -0.1) is 0 Å². The van der Waals surface area contributed by atoms with Crippen molar-refractivity contribution >= 4 is 17.1 Å². The second-order valence-corrected chi connectivity index (χ2v) is 5.20. The van der Waals surface area contributed by atoms with Crippen LogP contribution in [-0.4, -0.2) is 25.6 Å². The Hall–Kier alpha value is -1.91. The van der Waals surface area contributed by atoms with Gasteiger partial charge in [-0.05, 0) is 31.4 Å². The molecule has 5 nitrogen and oxygen atoms in total. The predicted octanol–water partition coefficient (Wildman–Crippen LogP) is 1.95. The van der Waals surface area contributed by atoms with Gasteiger partial charge >= 0.3 is 5.97 Å². The van der Waals surface area contributed by atoms with E-state index in [1.54, 1.807) is 6.20 Å². The van der Waals surface area contributed by atoms with Crippen LogP contribution in [0.25, 0.3) is 11.2 Å². The molecule has 2 saturated carbocycles. The zero-order chi connectivity index (χ0) is 12.3. The molecule has 2 fully saturated rings. The third-order valence-corrected chi connectivity index (χ3v) is 3.83. The summed E-state index contributed by atoms with van der Waals surface area (Å²) in [7, 11) is 0. The molecular weight excluding hydrogens is 230 g/mol. The highest BCUT2D eigenvalue weighted by Crippen LogP contribution is 2.50. The summed E-state index contributed by atoms with van der Waals surface area (Å²) in [5.41, 5.74) is 1.79. The van der Waals surface area contributed by atoms with Gasteiger partial charge in [0.1, 0.15) is 11.3 Å². The van der Waals surface area contributed by atoms with Crippen LogP contribution in [0.4, 0.5) is 0 Å². The van der Waals surface area contributed by atoms with Crippen molar-refractivity contribution in [2.75, 3.05) is 0 Å². The van der Waals surface area contributed by atoms with E-state index in [0.717, 1.165) is 29.8 Å². The normalized spacial score (nSPS) is 26.4. The van der Waals surface area contributed by atoms with Gasteiger partial charge in [0.15, 0.2) is 5.65 Å². The molecule has 2 heterocycles. The van der Waals surface area contributed by atoms with E-state index in [1.165, 1.54) is 0 Å². The molecule has 2 aromatic rings. The first-order chi connectivity index (χ1) is 8.75. The van der Waals surface area contributed by atoms with Gasteiger partial charge in [-0.1, -0.05) is 0 Å². The molecule has 0 spiro atoms. The molecule has 2 aliphatic rings. The molecule has 0 saturated heterocycles. The molecule has 2 aromatic heterocycles. The Morgan fingerprint density at radius 1 is 1.44 bits per heavy atom. The Labute approximate surface area is 103 Å². The van der Waals surface area contributed by atoms with Crippen LogP contribution in [-0.2, 0) is 4.79 Å². The largest absolute Gasteiger partial charge is 0.481 e. The fraction of sp³-hybridized carbons (Fsp3) is 0.462. The second-order valence-electron chi connectivity index (χ2n) is 5.20. The molecule has 0 aromatic carbocycles. The lowest BCUT2D eigenvalue weighted by Crippen LogP contribution is -2.05. The van der Waals surface area contributed by atoms with Gasteiger partial charge in [0.05, 0.1) is 5.92 Å². The number of aliphatic carboxylic acids is 1. The summed E-state index contributed by atoms with van der Waals surface area (Å²) in [6, 6.07) is 4.30. The summed E-state index contributed by atoms with van der Waals surface area (Å²) in [5.74, 6) is 0.0533. The second kappa shape index (κ2) is 3.31. The number of nitrogens with zero attached hydrogens (tertiary/aromatic N) is 3. The highest BCUT2D eigenvalue weighted by atomic mass is 16.4. The molecule has 0 radical (unpaired) electrons. The molecule has 92 valence electrons. The maximum atomic E-state index is 11.0. The number of aromatic nitrogens is 3. The van der Waals surface area contributed by atoms with Gasteiger partial charge in [-0.3, -0.25) is 4.79 Å². The average Bonchev–Trinajstić information content (AvgIpc) is 3.25. The van der Waals surface area contributed by atoms with E-state index in [1.807, 2.05) is 12.1 Å². The number of pyridine rings is 1. The lowest BCUT2D eigenvalue weighted by molar-refractivity contribution is -0.138. The highest BCUT2D eigenvalue weighted by molar-refractivity contribution is 5.76. The maximum absolute atomic E-state index is 11.0. The molecule has 2 unspecified atom stereocenters. The van der Waals surface area contributed by atoms with E-state index >= 15 is 0 Å². The minimum absolute atomic E-state index is 0.0808. The summed E-state index contributed by atoms with van der Waals surface area (Å²) >= 11 is 0. The maximum Gasteiger partial charge on any atom is 0.307 e. The van der Waals surface area contributed by atoms with Gasteiger partial charge in [-0.2, -0.15) is 0 Å². The van der Waals surface area contributed by atoms with Crippen LogP contribution in [0.5, 0.6) is 0 Å². The van der Waals surface area contributed by atoms with Crippen LogP contribution in [0, 0.1) is 5.92 Å². The molecule has 2 atom stereocenters. The third kappa shape index (κ3) is 1.36. The van der Waals surface area contributed by atoms with Crippen molar-refractivity contribution in [1.29, 1.82) is 0 Å². The molecular formula is C13H13N3O2. The average molecular weight is 243 g/mol. The first-order valence-corrected chi connectivity index (χ1v) is 6.31. The summed E-state index contributed by atoms with van der Waals surface area (Å²) in [4.78, 5) is 20.0. The predicted molar refractivity (Wildman–Crippen MR) is 64.3 cm³/mol. The number of hydrogen-bond acceptors (Lipinski definition) is 3.